The van der Waals surface area contributed by atoms with Gasteiger partial charge in [-0.1, -0.05) is 0 Å². The molecule has 0 aliphatic heterocycles. The fourth-order valence-corrected chi connectivity index (χ4v) is 0.345. The van der Waals surface area contributed by atoms with Crippen molar-refractivity contribution in [1.82, 2.24) is 0 Å². The third-order valence-electron chi connectivity index (χ3n) is 0.784. The van der Waals surface area contributed by atoms with Crippen molar-refractivity contribution in [3.8, 4) is 0 Å². The summed E-state index contributed by atoms with van der Waals surface area (Å²) in [6.45, 7) is 1.10. The van der Waals surface area contributed by atoms with Gasteiger partial charge in [-0.05, 0) is 6.92 Å². The topological polar surface area (TPSA) is 94.8 Å². The monoisotopic (exact) mass is 148 g/mol. The first-order valence-corrected chi connectivity index (χ1v) is 2.54. The second-order valence-corrected chi connectivity index (χ2v) is 1.94. The van der Waals surface area contributed by atoms with Gasteiger partial charge in [-0.3, -0.25) is 9.59 Å². The summed E-state index contributed by atoms with van der Waals surface area (Å²) in [5, 5.41) is 24.4. The van der Waals surface area contributed by atoms with E-state index in [2.05, 4.69) is 0 Å². The van der Waals surface area contributed by atoms with Crippen LogP contribution in [0.2, 0.25) is 0 Å². The third-order valence-corrected chi connectivity index (χ3v) is 0.784. The van der Waals surface area contributed by atoms with Gasteiger partial charge in [0.15, 0.2) is 0 Å². The van der Waals surface area contributed by atoms with Gasteiger partial charge in [-0.15, -0.1) is 0 Å². The predicted octanol–water partition coefficient (Wildman–Crippen LogP) is -1.83. The molecule has 5 heteroatoms. The number of hydrogen-bond donors (Lipinski definition) is 3. The highest BCUT2D eigenvalue weighted by molar-refractivity contribution is 6.00. The quantitative estimate of drug-likeness (QED) is 0.323. The maximum absolute atomic E-state index is 10.3. The molecule has 0 bridgehead atoms. The first-order chi connectivity index (χ1) is 4.34. The van der Waals surface area contributed by atoms with Crippen LogP contribution in [0.4, 0.5) is 0 Å². The molecule has 5 nitrogen and oxygen atoms in total. The molecule has 0 unspecified atom stereocenters. The van der Waals surface area contributed by atoms with Crippen molar-refractivity contribution in [2.24, 2.45) is 0 Å². The number of hydrogen-bond acceptors (Lipinski definition) is 5. The second-order valence-electron chi connectivity index (χ2n) is 1.94. The maximum Gasteiger partial charge on any atom is 0.339 e. The van der Waals surface area contributed by atoms with Crippen LogP contribution in [0, 0.1) is 0 Å². The molecule has 0 radical (unpaired) electrons. The fraction of sp³-hybridized carbons (Fsp3) is 0.600. The lowest BCUT2D eigenvalue weighted by atomic mass is 10.2. The molecule has 10 heavy (non-hydrogen) atoms. The summed E-state index contributed by atoms with van der Waals surface area (Å²) in [7, 11) is 0. The molecule has 0 amide bonds. The number of rotatable bonds is 3. The van der Waals surface area contributed by atoms with Gasteiger partial charge in [0.25, 0.3) is 0 Å². The van der Waals surface area contributed by atoms with Gasteiger partial charge >= 0.3 is 5.97 Å². The first kappa shape index (κ1) is 9.22. The van der Waals surface area contributed by atoms with Gasteiger partial charge in [0.05, 0.1) is 6.42 Å². The maximum atomic E-state index is 10.3. The average Bonchev–Trinajstić information content (AvgIpc) is 1.60. The second kappa shape index (κ2) is 2.87. The largest absolute Gasteiger partial charge is 0.339 e. The van der Waals surface area contributed by atoms with Gasteiger partial charge in [-0.2, -0.15) is 0 Å². The van der Waals surface area contributed by atoms with Crippen molar-refractivity contribution < 1.29 is 24.9 Å². The van der Waals surface area contributed by atoms with E-state index in [4.69, 9.17) is 15.3 Å². The zero-order chi connectivity index (χ0) is 8.36. The van der Waals surface area contributed by atoms with Crippen LogP contribution in [-0.2, 0) is 9.59 Å². The van der Waals surface area contributed by atoms with E-state index in [0.29, 0.717) is 0 Å². The molecule has 0 aromatic heterocycles. The molecule has 0 spiro atoms. The highest BCUT2D eigenvalue weighted by Crippen LogP contribution is 1.98. The lowest BCUT2D eigenvalue weighted by Crippen LogP contribution is -2.38. The Hall–Kier alpha value is -0.780. The van der Waals surface area contributed by atoms with Gasteiger partial charge < -0.3 is 15.3 Å². The van der Waals surface area contributed by atoms with Gasteiger partial charge in [0.1, 0.15) is 5.78 Å². The Balaban J connectivity index is 3.99. The minimum absolute atomic E-state index is 0.536. The summed E-state index contributed by atoms with van der Waals surface area (Å²) >= 11 is 0. The van der Waals surface area contributed by atoms with Crippen LogP contribution >= 0.6 is 0 Å². The van der Waals surface area contributed by atoms with Crippen LogP contribution in [0.25, 0.3) is 0 Å². The molecule has 0 aliphatic rings. The van der Waals surface area contributed by atoms with E-state index in [1.54, 1.807) is 0 Å². The lowest BCUT2D eigenvalue weighted by molar-refractivity contribution is -0.286. The zero-order valence-corrected chi connectivity index (χ0v) is 5.37. The van der Waals surface area contributed by atoms with Crippen LogP contribution in [0.1, 0.15) is 13.3 Å². The summed E-state index contributed by atoms with van der Waals surface area (Å²) in [4.78, 5) is 20.5. The van der Waals surface area contributed by atoms with Gasteiger partial charge in [0, 0.05) is 0 Å². The molecule has 0 saturated heterocycles. The average molecular weight is 148 g/mol. The zero-order valence-electron chi connectivity index (χ0n) is 5.37. The Morgan fingerprint density at radius 2 is 1.70 bits per heavy atom. The van der Waals surface area contributed by atoms with E-state index in [1.807, 2.05) is 0 Å². The first-order valence-electron chi connectivity index (χ1n) is 2.54. The number of Topliss-reactive ketones (excluding diaryl/α,β-unsaturated/α-hetero) is 2. The Morgan fingerprint density at radius 1 is 1.30 bits per heavy atom. The minimum Gasteiger partial charge on any atom is -0.337 e. The molecule has 0 aromatic carbocycles. The molecular formula is C5H8O5. The Kier molecular flexibility index (Phi) is 2.65. The summed E-state index contributed by atoms with van der Waals surface area (Å²) < 4.78 is 0. The highest BCUT2D eigenvalue weighted by Gasteiger charge is 2.30. The molecule has 0 aromatic rings. The van der Waals surface area contributed by atoms with Crippen LogP contribution < -0.4 is 0 Å². The smallest absolute Gasteiger partial charge is 0.337 e. The molecule has 0 aliphatic carbocycles. The summed E-state index contributed by atoms with van der Waals surface area (Å²) in [6.07, 6.45) is -0.677. The molecule has 0 rings (SSSR count). The molecule has 3 N–H and O–H groups in total. The number of ketones is 2. The Bertz CT molecular complexity index is 154. The normalized spacial score (nSPS) is 11.2. The van der Waals surface area contributed by atoms with Crippen LogP contribution in [0.15, 0.2) is 0 Å². The lowest BCUT2D eigenvalue weighted by Gasteiger charge is -2.09. The molecule has 0 fully saturated rings. The molecular weight excluding hydrogens is 140 g/mol. The summed E-state index contributed by atoms with van der Waals surface area (Å²) in [5.41, 5.74) is 0. The minimum atomic E-state index is -3.37. The SMILES string of the molecule is CC(=O)CC(=O)C(O)(O)O. The van der Waals surface area contributed by atoms with Crippen molar-refractivity contribution in [1.29, 1.82) is 0 Å². The van der Waals surface area contributed by atoms with Crippen LogP contribution in [0.5, 0.6) is 0 Å². The van der Waals surface area contributed by atoms with Crippen molar-refractivity contribution in [3.63, 3.8) is 0 Å². The van der Waals surface area contributed by atoms with Crippen molar-refractivity contribution in [2.45, 2.75) is 19.3 Å². The van der Waals surface area contributed by atoms with Gasteiger partial charge in [-0.25, -0.2) is 0 Å². The van der Waals surface area contributed by atoms with E-state index < -0.39 is 24.0 Å². The van der Waals surface area contributed by atoms with Crippen LogP contribution in [0.3, 0.4) is 0 Å². The summed E-state index contributed by atoms with van der Waals surface area (Å²) in [6, 6.07) is 0. The highest BCUT2D eigenvalue weighted by atomic mass is 16.7. The number of carbonyl (C=O) groups is 2. The van der Waals surface area contributed by atoms with Crippen molar-refractivity contribution in [3.05, 3.63) is 0 Å². The molecule has 0 atom stereocenters. The third kappa shape index (κ3) is 3.29. The fourth-order valence-electron chi connectivity index (χ4n) is 0.345. The Labute approximate surface area is 56.9 Å². The standard InChI is InChI=1S/C5H8O5/c1-3(6)2-4(7)5(8,9)10/h8-10H,2H2,1H3. The molecule has 0 heterocycles. The van der Waals surface area contributed by atoms with Crippen LogP contribution in [-0.4, -0.2) is 32.9 Å². The van der Waals surface area contributed by atoms with E-state index in [0.717, 1.165) is 6.92 Å². The van der Waals surface area contributed by atoms with E-state index >= 15 is 0 Å². The summed E-state index contributed by atoms with van der Waals surface area (Å²) in [5.74, 6) is -5.22. The van der Waals surface area contributed by atoms with Crippen molar-refractivity contribution in [2.75, 3.05) is 0 Å². The van der Waals surface area contributed by atoms with E-state index in [9.17, 15) is 9.59 Å². The Morgan fingerprint density at radius 3 is 1.80 bits per heavy atom. The van der Waals surface area contributed by atoms with Crippen molar-refractivity contribution >= 4 is 11.6 Å². The molecule has 58 valence electrons. The van der Waals surface area contributed by atoms with Gasteiger partial charge in [0.2, 0.25) is 5.78 Å². The molecule has 0 saturated carbocycles. The van der Waals surface area contributed by atoms with E-state index in [1.165, 1.54) is 0 Å². The predicted molar refractivity (Wildman–Crippen MR) is 29.7 cm³/mol. The number of aliphatic hydroxyl groups is 3. The van der Waals surface area contributed by atoms with E-state index in [-0.39, 0.29) is 0 Å². The number of carbonyl (C=O) groups excluding carboxylic acids is 2.